The number of hydrogen-bond acceptors (Lipinski definition) is 2. The summed E-state index contributed by atoms with van der Waals surface area (Å²) in [5, 5.41) is 8.80. The maximum Gasteiger partial charge on any atom is 0.335 e. The number of benzene rings is 1. The first-order valence-corrected chi connectivity index (χ1v) is 6.17. The van der Waals surface area contributed by atoms with E-state index in [1.807, 2.05) is 4.90 Å². The van der Waals surface area contributed by atoms with E-state index in [0.29, 0.717) is 11.1 Å². The van der Waals surface area contributed by atoms with Gasteiger partial charge in [-0.1, -0.05) is 13.8 Å². The highest BCUT2D eigenvalue weighted by Gasteiger charge is 2.26. The van der Waals surface area contributed by atoms with E-state index in [4.69, 9.17) is 5.11 Å². The van der Waals surface area contributed by atoms with Crippen molar-refractivity contribution in [3.8, 4) is 0 Å². The average Bonchev–Trinajstić information content (AvgIpc) is 2.29. The molecule has 0 unspecified atom stereocenters. The lowest BCUT2D eigenvalue weighted by Crippen LogP contribution is -2.37. The van der Waals surface area contributed by atoms with Crippen LogP contribution in [0.3, 0.4) is 0 Å². The number of carbonyl (C=O) groups is 1. The normalized spacial score (nSPS) is 18.7. The number of piperidine rings is 1. The first-order chi connectivity index (χ1) is 8.39. The molecule has 4 heteroatoms. The molecule has 2 rings (SSSR count). The SMILES string of the molecule is CC1(C)CCN(c2ccc(C(=O)O)cc2F)CC1. The van der Waals surface area contributed by atoms with Gasteiger partial charge in [-0.25, -0.2) is 9.18 Å². The highest BCUT2D eigenvalue weighted by molar-refractivity contribution is 5.88. The van der Waals surface area contributed by atoms with Gasteiger partial charge in [-0.2, -0.15) is 0 Å². The van der Waals surface area contributed by atoms with Gasteiger partial charge in [-0.3, -0.25) is 0 Å². The summed E-state index contributed by atoms with van der Waals surface area (Å²) in [6.45, 7) is 6.06. The molecule has 0 amide bonds. The first kappa shape index (κ1) is 12.9. The summed E-state index contributed by atoms with van der Waals surface area (Å²) in [6, 6.07) is 4.12. The van der Waals surface area contributed by atoms with Gasteiger partial charge in [0.15, 0.2) is 0 Å². The fraction of sp³-hybridized carbons (Fsp3) is 0.500. The maximum atomic E-state index is 13.9. The number of halogens is 1. The molecule has 1 fully saturated rings. The smallest absolute Gasteiger partial charge is 0.335 e. The average molecular weight is 251 g/mol. The predicted molar refractivity (Wildman–Crippen MR) is 68.6 cm³/mol. The quantitative estimate of drug-likeness (QED) is 0.877. The molecule has 1 aromatic rings. The fourth-order valence-electron chi connectivity index (χ4n) is 2.25. The topological polar surface area (TPSA) is 40.5 Å². The van der Waals surface area contributed by atoms with Crippen LogP contribution in [0, 0.1) is 11.2 Å². The van der Waals surface area contributed by atoms with Crippen molar-refractivity contribution in [2.75, 3.05) is 18.0 Å². The van der Waals surface area contributed by atoms with E-state index >= 15 is 0 Å². The van der Waals surface area contributed by atoms with E-state index in [9.17, 15) is 9.18 Å². The minimum Gasteiger partial charge on any atom is -0.478 e. The second kappa shape index (κ2) is 4.59. The summed E-state index contributed by atoms with van der Waals surface area (Å²) in [6.07, 6.45) is 2.04. The molecule has 1 N–H and O–H groups in total. The fourth-order valence-corrected chi connectivity index (χ4v) is 2.25. The van der Waals surface area contributed by atoms with Gasteiger partial charge in [-0.15, -0.1) is 0 Å². The van der Waals surface area contributed by atoms with Gasteiger partial charge in [0.1, 0.15) is 5.82 Å². The summed E-state index contributed by atoms with van der Waals surface area (Å²) < 4.78 is 13.9. The molecule has 18 heavy (non-hydrogen) atoms. The third-order valence-electron chi connectivity index (χ3n) is 3.65. The monoisotopic (exact) mass is 251 g/mol. The van der Waals surface area contributed by atoms with Gasteiger partial charge >= 0.3 is 5.97 Å². The van der Waals surface area contributed by atoms with Crippen LogP contribution < -0.4 is 4.90 Å². The minimum atomic E-state index is -1.10. The molecular weight excluding hydrogens is 233 g/mol. The number of hydrogen-bond donors (Lipinski definition) is 1. The molecule has 0 radical (unpaired) electrons. The zero-order valence-electron chi connectivity index (χ0n) is 10.7. The number of nitrogens with zero attached hydrogens (tertiary/aromatic N) is 1. The third kappa shape index (κ3) is 2.63. The van der Waals surface area contributed by atoms with Crippen LogP contribution in [0.5, 0.6) is 0 Å². The van der Waals surface area contributed by atoms with E-state index in [2.05, 4.69) is 13.8 Å². The predicted octanol–water partition coefficient (Wildman–Crippen LogP) is 3.15. The molecule has 0 saturated carbocycles. The van der Waals surface area contributed by atoms with Crippen LogP contribution in [0.1, 0.15) is 37.0 Å². The molecular formula is C14H18FNO2. The van der Waals surface area contributed by atoms with Crippen molar-refractivity contribution in [2.24, 2.45) is 5.41 Å². The maximum absolute atomic E-state index is 13.9. The van der Waals surface area contributed by atoms with Crippen LogP contribution >= 0.6 is 0 Å². The Bertz CT molecular complexity index is 461. The Morgan fingerprint density at radius 1 is 1.33 bits per heavy atom. The van der Waals surface area contributed by atoms with E-state index < -0.39 is 11.8 Å². The lowest BCUT2D eigenvalue weighted by atomic mass is 9.82. The summed E-state index contributed by atoms with van der Waals surface area (Å²) in [4.78, 5) is 12.7. The van der Waals surface area contributed by atoms with Crippen molar-refractivity contribution in [3.63, 3.8) is 0 Å². The van der Waals surface area contributed by atoms with Crippen LogP contribution in [-0.2, 0) is 0 Å². The van der Waals surface area contributed by atoms with Gasteiger partial charge in [0.25, 0.3) is 0 Å². The van der Waals surface area contributed by atoms with E-state index in [1.54, 1.807) is 6.07 Å². The second-order valence-electron chi connectivity index (χ2n) is 5.62. The largest absolute Gasteiger partial charge is 0.478 e. The van der Waals surface area contributed by atoms with E-state index in [-0.39, 0.29) is 5.56 Å². The molecule has 0 spiro atoms. The Balaban J connectivity index is 2.17. The van der Waals surface area contributed by atoms with Crippen molar-refractivity contribution in [2.45, 2.75) is 26.7 Å². The number of carboxylic acids is 1. The molecule has 0 bridgehead atoms. The molecule has 1 aromatic carbocycles. The van der Waals surface area contributed by atoms with Crippen LogP contribution in [0.4, 0.5) is 10.1 Å². The third-order valence-corrected chi connectivity index (χ3v) is 3.65. The minimum absolute atomic E-state index is 0.00594. The zero-order chi connectivity index (χ0) is 13.3. The van der Waals surface area contributed by atoms with Crippen molar-refractivity contribution in [1.82, 2.24) is 0 Å². The summed E-state index contributed by atoms with van der Waals surface area (Å²) in [7, 11) is 0. The Labute approximate surface area is 106 Å². The Morgan fingerprint density at radius 2 is 1.94 bits per heavy atom. The summed E-state index contributed by atoms with van der Waals surface area (Å²) in [5.41, 5.74) is 0.817. The number of aromatic carboxylic acids is 1. The van der Waals surface area contributed by atoms with Crippen LogP contribution in [0.25, 0.3) is 0 Å². The molecule has 1 heterocycles. The molecule has 0 aliphatic carbocycles. The van der Waals surface area contributed by atoms with Crippen LogP contribution in [-0.4, -0.2) is 24.2 Å². The summed E-state index contributed by atoms with van der Waals surface area (Å²) in [5.74, 6) is -1.55. The van der Waals surface area contributed by atoms with Crippen molar-refractivity contribution >= 4 is 11.7 Å². The van der Waals surface area contributed by atoms with Gasteiger partial charge in [0.05, 0.1) is 11.3 Å². The molecule has 0 atom stereocenters. The second-order valence-corrected chi connectivity index (χ2v) is 5.62. The highest BCUT2D eigenvalue weighted by atomic mass is 19.1. The number of anilines is 1. The summed E-state index contributed by atoms with van der Waals surface area (Å²) >= 11 is 0. The van der Waals surface area contributed by atoms with E-state index in [1.165, 1.54) is 6.07 Å². The molecule has 1 aliphatic heterocycles. The van der Waals surface area contributed by atoms with Gasteiger partial charge in [0.2, 0.25) is 0 Å². The lowest BCUT2D eigenvalue weighted by Gasteiger charge is -2.38. The molecule has 98 valence electrons. The van der Waals surface area contributed by atoms with Crippen LogP contribution in [0.2, 0.25) is 0 Å². The standard InChI is InChI=1S/C14H18FNO2/c1-14(2)5-7-16(8-6-14)12-4-3-10(13(17)18)9-11(12)15/h3-4,9H,5-8H2,1-2H3,(H,17,18). The van der Waals surface area contributed by atoms with Gasteiger partial charge in [-0.05, 0) is 36.5 Å². The first-order valence-electron chi connectivity index (χ1n) is 6.17. The Morgan fingerprint density at radius 3 is 2.44 bits per heavy atom. The molecule has 1 aliphatic rings. The van der Waals surface area contributed by atoms with Crippen molar-refractivity contribution < 1.29 is 14.3 Å². The zero-order valence-corrected chi connectivity index (χ0v) is 10.7. The van der Waals surface area contributed by atoms with E-state index in [0.717, 1.165) is 32.0 Å². The van der Waals surface area contributed by atoms with Crippen molar-refractivity contribution in [3.05, 3.63) is 29.6 Å². The van der Waals surface area contributed by atoms with Crippen molar-refractivity contribution in [1.29, 1.82) is 0 Å². The number of rotatable bonds is 2. The van der Waals surface area contributed by atoms with Crippen LogP contribution in [0.15, 0.2) is 18.2 Å². The van der Waals surface area contributed by atoms with Gasteiger partial charge in [0, 0.05) is 13.1 Å². The Hall–Kier alpha value is -1.58. The highest BCUT2D eigenvalue weighted by Crippen LogP contribution is 2.33. The molecule has 1 saturated heterocycles. The van der Waals surface area contributed by atoms with Gasteiger partial charge < -0.3 is 10.0 Å². The molecule has 0 aromatic heterocycles. The molecule has 3 nitrogen and oxygen atoms in total. The number of carboxylic acid groups (broad SMARTS) is 1. The lowest BCUT2D eigenvalue weighted by molar-refractivity contribution is 0.0696. The Kier molecular flexibility index (Phi) is 3.28.